The maximum Gasteiger partial charge on any atom is 0.243 e. The molecule has 20 heavy (non-hydrogen) atoms. The summed E-state index contributed by atoms with van der Waals surface area (Å²) >= 11 is 0. The summed E-state index contributed by atoms with van der Waals surface area (Å²) in [4.78, 5) is 0.435. The molecule has 0 radical (unpaired) electrons. The number of rotatable bonds is 3. The minimum atomic E-state index is -3.38. The Morgan fingerprint density at radius 2 is 2.05 bits per heavy atom. The number of hydrogen-bond donors (Lipinski definition) is 1. The molecule has 1 aliphatic rings. The van der Waals surface area contributed by atoms with Crippen molar-refractivity contribution in [3.63, 3.8) is 0 Å². The molecule has 1 unspecified atom stereocenters. The van der Waals surface area contributed by atoms with Crippen LogP contribution in [0.4, 0.5) is 0 Å². The summed E-state index contributed by atoms with van der Waals surface area (Å²) in [6, 6.07) is 5.57. The molecule has 1 fully saturated rings. The summed E-state index contributed by atoms with van der Waals surface area (Å²) in [6.45, 7) is 5.46. The van der Waals surface area contributed by atoms with Crippen molar-refractivity contribution in [3.8, 4) is 0 Å². The van der Waals surface area contributed by atoms with Crippen LogP contribution in [0, 0.1) is 19.8 Å². The first kappa shape index (κ1) is 17.4. The Morgan fingerprint density at radius 1 is 1.35 bits per heavy atom. The molecule has 1 aromatic carbocycles. The summed E-state index contributed by atoms with van der Waals surface area (Å²) in [5.41, 5.74) is 7.45. The molecular weight excluding hydrogens is 296 g/mol. The van der Waals surface area contributed by atoms with Gasteiger partial charge in [0, 0.05) is 13.1 Å². The first-order valence-electron chi connectivity index (χ1n) is 6.72. The third-order valence-corrected chi connectivity index (χ3v) is 5.78. The highest BCUT2D eigenvalue weighted by Gasteiger charge is 2.30. The van der Waals surface area contributed by atoms with Gasteiger partial charge in [-0.2, -0.15) is 4.31 Å². The van der Waals surface area contributed by atoms with Crippen molar-refractivity contribution in [1.82, 2.24) is 4.31 Å². The van der Waals surface area contributed by atoms with Gasteiger partial charge in [0.25, 0.3) is 0 Å². The summed E-state index contributed by atoms with van der Waals surface area (Å²) in [6.07, 6.45) is 1.92. The van der Waals surface area contributed by atoms with Gasteiger partial charge in [-0.15, -0.1) is 12.4 Å². The monoisotopic (exact) mass is 318 g/mol. The Hall–Kier alpha value is -0.620. The fourth-order valence-electron chi connectivity index (χ4n) is 2.56. The fraction of sp³-hybridized carbons (Fsp3) is 0.571. The van der Waals surface area contributed by atoms with E-state index in [0.29, 0.717) is 24.5 Å². The van der Waals surface area contributed by atoms with Crippen molar-refractivity contribution in [1.29, 1.82) is 0 Å². The molecule has 0 aliphatic carbocycles. The molecule has 0 saturated carbocycles. The Labute approximate surface area is 127 Å². The number of benzene rings is 1. The Kier molecular flexibility index (Phi) is 6.01. The summed E-state index contributed by atoms with van der Waals surface area (Å²) < 4.78 is 27.0. The highest BCUT2D eigenvalue weighted by atomic mass is 35.5. The number of nitrogens with zero attached hydrogens (tertiary/aromatic N) is 1. The van der Waals surface area contributed by atoms with E-state index in [9.17, 15) is 8.42 Å². The Bertz CT molecular complexity index is 560. The van der Waals surface area contributed by atoms with Crippen LogP contribution in [0.15, 0.2) is 23.1 Å². The summed E-state index contributed by atoms with van der Waals surface area (Å²) in [5.74, 6) is 0.286. The zero-order valence-electron chi connectivity index (χ0n) is 12.0. The fourth-order valence-corrected chi connectivity index (χ4v) is 4.43. The van der Waals surface area contributed by atoms with Crippen molar-refractivity contribution in [2.24, 2.45) is 11.7 Å². The van der Waals surface area contributed by atoms with Crippen LogP contribution in [0.2, 0.25) is 0 Å². The van der Waals surface area contributed by atoms with E-state index in [1.54, 1.807) is 10.4 Å². The molecule has 2 N–H and O–H groups in total. The van der Waals surface area contributed by atoms with E-state index in [-0.39, 0.29) is 18.3 Å². The maximum atomic E-state index is 12.7. The zero-order chi connectivity index (χ0) is 14.0. The van der Waals surface area contributed by atoms with Crippen molar-refractivity contribution < 1.29 is 8.42 Å². The van der Waals surface area contributed by atoms with E-state index in [1.807, 2.05) is 26.0 Å². The molecular formula is C14H23ClN2O2S. The quantitative estimate of drug-likeness (QED) is 0.928. The van der Waals surface area contributed by atoms with Crippen molar-refractivity contribution in [3.05, 3.63) is 29.3 Å². The molecule has 6 heteroatoms. The SMILES string of the molecule is Cc1ccc(C)c(S(=O)(=O)N2CCCC(CN)C2)c1.Cl. The molecule has 0 aromatic heterocycles. The van der Waals surface area contributed by atoms with Gasteiger partial charge in [-0.1, -0.05) is 12.1 Å². The minimum Gasteiger partial charge on any atom is -0.330 e. The maximum absolute atomic E-state index is 12.7. The lowest BCUT2D eigenvalue weighted by atomic mass is 10.0. The van der Waals surface area contributed by atoms with Crippen molar-refractivity contribution >= 4 is 22.4 Å². The van der Waals surface area contributed by atoms with Gasteiger partial charge < -0.3 is 5.73 Å². The van der Waals surface area contributed by atoms with Gasteiger partial charge in [0.15, 0.2) is 0 Å². The van der Waals surface area contributed by atoms with Crippen LogP contribution in [0.1, 0.15) is 24.0 Å². The van der Waals surface area contributed by atoms with E-state index >= 15 is 0 Å². The van der Waals surface area contributed by atoms with E-state index in [2.05, 4.69) is 0 Å². The molecule has 4 nitrogen and oxygen atoms in total. The molecule has 2 rings (SSSR count). The second kappa shape index (κ2) is 6.89. The number of sulfonamides is 1. The Morgan fingerprint density at radius 3 is 2.70 bits per heavy atom. The lowest BCUT2D eigenvalue weighted by molar-refractivity contribution is 0.271. The lowest BCUT2D eigenvalue weighted by Gasteiger charge is -2.31. The van der Waals surface area contributed by atoms with Crippen LogP contribution in [0.25, 0.3) is 0 Å². The zero-order valence-corrected chi connectivity index (χ0v) is 13.6. The van der Waals surface area contributed by atoms with E-state index in [4.69, 9.17) is 5.73 Å². The van der Waals surface area contributed by atoms with Gasteiger partial charge in [0.2, 0.25) is 10.0 Å². The molecule has 0 amide bonds. The van der Waals surface area contributed by atoms with Crippen LogP contribution >= 0.6 is 12.4 Å². The van der Waals surface area contributed by atoms with E-state index < -0.39 is 10.0 Å². The molecule has 0 spiro atoms. The Balaban J connectivity index is 0.00000200. The molecule has 0 bridgehead atoms. The minimum absolute atomic E-state index is 0. The molecule has 1 saturated heterocycles. The van der Waals surface area contributed by atoms with Crippen molar-refractivity contribution in [2.45, 2.75) is 31.6 Å². The second-order valence-corrected chi connectivity index (χ2v) is 7.28. The van der Waals surface area contributed by atoms with Gasteiger partial charge in [0.1, 0.15) is 0 Å². The van der Waals surface area contributed by atoms with Crippen LogP contribution in [-0.2, 0) is 10.0 Å². The number of hydrogen-bond acceptors (Lipinski definition) is 3. The van der Waals surface area contributed by atoms with Gasteiger partial charge in [0.05, 0.1) is 4.90 Å². The lowest BCUT2D eigenvalue weighted by Crippen LogP contribution is -2.42. The first-order chi connectivity index (χ1) is 8.95. The van der Waals surface area contributed by atoms with E-state index in [1.165, 1.54) is 0 Å². The number of halogens is 1. The van der Waals surface area contributed by atoms with Gasteiger partial charge in [-0.05, 0) is 56.3 Å². The molecule has 1 atom stereocenters. The highest BCUT2D eigenvalue weighted by Crippen LogP contribution is 2.25. The largest absolute Gasteiger partial charge is 0.330 e. The first-order valence-corrected chi connectivity index (χ1v) is 8.16. The molecule has 1 heterocycles. The topological polar surface area (TPSA) is 63.4 Å². The van der Waals surface area contributed by atoms with Crippen LogP contribution in [-0.4, -0.2) is 32.4 Å². The predicted octanol–water partition coefficient (Wildman–Crippen LogP) is 2.08. The average molecular weight is 319 g/mol. The normalized spacial score (nSPS) is 20.4. The summed E-state index contributed by atoms with van der Waals surface area (Å²) in [7, 11) is -3.38. The number of nitrogens with two attached hydrogens (primary N) is 1. The van der Waals surface area contributed by atoms with Gasteiger partial charge in [-0.25, -0.2) is 8.42 Å². The summed E-state index contributed by atoms with van der Waals surface area (Å²) in [5, 5.41) is 0. The standard InChI is InChI=1S/C14H22N2O2S.ClH/c1-11-5-6-12(2)14(8-11)19(17,18)16-7-3-4-13(9-15)10-16;/h5-6,8,13H,3-4,7,9-10,15H2,1-2H3;1H. The van der Waals surface area contributed by atoms with Crippen LogP contribution < -0.4 is 5.73 Å². The number of aryl methyl sites for hydroxylation is 2. The van der Waals surface area contributed by atoms with Gasteiger partial charge >= 0.3 is 0 Å². The predicted molar refractivity (Wildman–Crippen MR) is 83.7 cm³/mol. The van der Waals surface area contributed by atoms with Gasteiger partial charge in [-0.3, -0.25) is 0 Å². The van der Waals surface area contributed by atoms with Crippen molar-refractivity contribution in [2.75, 3.05) is 19.6 Å². The van der Waals surface area contributed by atoms with E-state index in [0.717, 1.165) is 24.0 Å². The van der Waals surface area contributed by atoms with Crippen LogP contribution in [0.3, 0.4) is 0 Å². The molecule has 114 valence electrons. The smallest absolute Gasteiger partial charge is 0.243 e. The average Bonchev–Trinajstić information content (AvgIpc) is 2.41. The van der Waals surface area contributed by atoms with Crippen LogP contribution in [0.5, 0.6) is 0 Å². The molecule has 1 aromatic rings. The third-order valence-electron chi connectivity index (χ3n) is 3.78. The highest BCUT2D eigenvalue weighted by molar-refractivity contribution is 7.89. The molecule has 1 aliphatic heterocycles. The second-order valence-electron chi connectivity index (χ2n) is 5.38. The number of piperidine rings is 1. The third kappa shape index (κ3) is 3.52.